The number of carboxylic acids is 1. The van der Waals surface area contributed by atoms with Gasteiger partial charge in [0, 0.05) is 17.6 Å². The predicted molar refractivity (Wildman–Crippen MR) is 133 cm³/mol. The zero-order chi connectivity index (χ0) is 24.9. The quantitative estimate of drug-likeness (QED) is 0.358. The lowest BCUT2D eigenvalue weighted by Crippen LogP contribution is -2.42. The topological polar surface area (TPSA) is 96.8 Å². The van der Waals surface area contributed by atoms with Crippen LogP contribution in [0.2, 0.25) is 0 Å². The van der Waals surface area contributed by atoms with Gasteiger partial charge < -0.3 is 9.84 Å². The van der Waals surface area contributed by atoms with Crippen LogP contribution < -0.4 is 0 Å². The van der Waals surface area contributed by atoms with Crippen LogP contribution >= 0.6 is 11.3 Å². The predicted octanol–water partition coefficient (Wildman–Crippen LogP) is 4.68. The van der Waals surface area contributed by atoms with Crippen molar-refractivity contribution in [2.45, 2.75) is 58.1 Å². The van der Waals surface area contributed by atoms with Crippen molar-refractivity contribution in [2.24, 2.45) is 0 Å². The molecule has 1 aromatic carbocycles. The summed E-state index contributed by atoms with van der Waals surface area (Å²) in [7, 11) is 0. The molecule has 2 aromatic rings. The molecule has 184 valence electrons. The van der Waals surface area contributed by atoms with Crippen LogP contribution in [0.1, 0.15) is 65.1 Å². The number of carbonyl (C=O) groups excluding carboxylic acids is 2. The number of aryl methyl sites for hydroxylation is 1. The third kappa shape index (κ3) is 5.77. The Morgan fingerprint density at radius 1 is 1.29 bits per heavy atom. The third-order valence-electron chi connectivity index (χ3n) is 6.73. The molecule has 0 fully saturated rings. The number of allylic oxidation sites excluding steroid dienone is 2. The molecule has 7 nitrogen and oxygen atoms in total. The van der Waals surface area contributed by atoms with Gasteiger partial charge in [-0.2, -0.15) is 0 Å². The number of Topliss-reactive ketones (excluding diaryl/α,β-unsaturated/α-hetero) is 1. The van der Waals surface area contributed by atoms with Crippen LogP contribution in [0, 0.1) is 6.92 Å². The van der Waals surface area contributed by atoms with Gasteiger partial charge in [0.2, 0.25) is 5.78 Å². The van der Waals surface area contributed by atoms with Gasteiger partial charge in [0.15, 0.2) is 6.29 Å². The first-order valence-electron chi connectivity index (χ1n) is 11.9. The summed E-state index contributed by atoms with van der Waals surface area (Å²) in [6.45, 7) is 5.34. The van der Waals surface area contributed by atoms with Crippen molar-refractivity contribution in [1.82, 2.24) is 9.88 Å². The summed E-state index contributed by atoms with van der Waals surface area (Å²) in [5, 5.41) is 11.7. The molecule has 35 heavy (non-hydrogen) atoms. The SMILES string of the molecule is CCN(CC(C(=O)C=O)c1nc(C)cs1)C1CC2=C(C=C1OCc1ccc(C(=O)O)cc1)CCC2. The molecule has 0 spiro atoms. The molecule has 4 rings (SSSR count). The molecule has 2 aliphatic carbocycles. The summed E-state index contributed by atoms with van der Waals surface area (Å²) in [4.78, 5) is 41.9. The Kier molecular flexibility index (Phi) is 7.93. The number of nitrogens with zero attached hydrogens (tertiary/aromatic N) is 2. The highest BCUT2D eigenvalue weighted by atomic mass is 32.1. The summed E-state index contributed by atoms with van der Waals surface area (Å²) in [5.41, 5.74) is 4.74. The summed E-state index contributed by atoms with van der Waals surface area (Å²) in [6, 6.07) is 6.65. The molecule has 0 aliphatic heterocycles. The molecule has 1 N–H and O–H groups in total. The standard InChI is InChI=1S/C27H30N2O5S/c1-3-29(13-22(24(31)14-30)26-28-17(2)16-35-26)23-11-20-5-4-6-21(20)12-25(23)34-15-18-7-9-19(10-8-18)27(32)33/h7-10,12,14,16,22-23H,3-6,11,13,15H2,1-2H3,(H,32,33). The van der Waals surface area contributed by atoms with Crippen LogP contribution in [-0.4, -0.2) is 52.2 Å². The smallest absolute Gasteiger partial charge is 0.335 e. The van der Waals surface area contributed by atoms with E-state index in [-0.39, 0.29) is 11.6 Å². The Bertz CT molecular complexity index is 1160. The third-order valence-corrected chi connectivity index (χ3v) is 7.80. The number of likely N-dealkylation sites (N-methyl/N-ethyl adjacent to an activating group) is 1. The number of hydrogen-bond acceptors (Lipinski definition) is 7. The zero-order valence-electron chi connectivity index (χ0n) is 20.0. The molecular formula is C27H30N2O5S. The Morgan fingerprint density at radius 3 is 2.69 bits per heavy atom. The highest BCUT2D eigenvalue weighted by Crippen LogP contribution is 2.39. The lowest BCUT2D eigenvalue weighted by atomic mass is 9.92. The van der Waals surface area contributed by atoms with E-state index in [1.807, 2.05) is 12.3 Å². The van der Waals surface area contributed by atoms with Crippen molar-refractivity contribution in [3.8, 4) is 0 Å². The van der Waals surface area contributed by atoms with Gasteiger partial charge in [0.1, 0.15) is 17.4 Å². The summed E-state index contributed by atoms with van der Waals surface area (Å²) in [5.74, 6) is -1.17. The molecule has 1 aromatic heterocycles. The van der Waals surface area contributed by atoms with Gasteiger partial charge in [-0.15, -0.1) is 11.3 Å². The van der Waals surface area contributed by atoms with Gasteiger partial charge >= 0.3 is 5.97 Å². The fourth-order valence-corrected chi connectivity index (χ4v) is 5.71. The fraction of sp³-hybridized carbons (Fsp3) is 0.407. The Labute approximate surface area is 209 Å². The highest BCUT2D eigenvalue weighted by Gasteiger charge is 2.34. The maximum absolute atomic E-state index is 12.6. The number of aldehydes is 1. The van der Waals surface area contributed by atoms with Crippen molar-refractivity contribution >= 4 is 29.4 Å². The number of aromatic carboxylic acids is 1. The first-order valence-corrected chi connectivity index (χ1v) is 12.8. The molecule has 1 heterocycles. The maximum Gasteiger partial charge on any atom is 0.335 e. The van der Waals surface area contributed by atoms with Crippen molar-refractivity contribution in [3.63, 3.8) is 0 Å². The average Bonchev–Trinajstić information content (AvgIpc) is 3.51. The van der Waals surface area contributed by atoms with Crippen LogP contribution in [-0.2, 0) is 20.9 Å². The maximum atomic E-state index is 12.6. The van der Waals surface area contributed by atoms with Crippen molar-refractivity contribution in [1.29, 1.82) is 0 Å². The molecule has 0 radical (unpaired) electrons. The minimum absolute atomic E-state index is 0.0434. The van der Waals surface area contributed by atoms with Gasteiger partial charge in [-0.3, -0.25) is 14.5 Å². The van der Waals surface area contributed by atoms with Crippen LogP contribution in [0.4, 0.5) is 0 Å². The lowest BCUT2D eigenvalue weighted by Gasteiger charge is -2.36. The van der Waals surface area contributed by atoms with E-state index in [1.54, 1.807) is 24.3 Å². The van der Waals surface area contributed by atoms with Gasteiger partial charge in [-0.05, 0) is 68.5 Å². The Balaban J connectivity index is 1.55. The number of benzene rings is 1. The summed E-state index contributed by atoms with van der Waals surface area (Å²) in [6.07, 6.45) is 6.64. The second-order valence-corrected chi connectivity index (χ2v) is 9.92. The van der Waals surface area contributed by atoms with Gasteiger partial charge in [-0.1, -0.05) is 24.6 Å². The van der Waals surface area contributed by atoms with E-state index in [1.165, 1.54) is 22.5 Å². The van der Waals surface area contributed by atoms with E-state index in [0.717, 1.165) is 42.7 Å². The molecule has 0 saturated heterocycles. The molecule has 0 bridgehead atoms. The van der Waals surface area contributed by atoms with E-state index < -0.39 is 17.7 Å². The summed E-state index contributed by atoms with van der Waals surface area (Å²) >= 11 is 1.41. The van der Waals surface area contributed by atoms with Crippen LogP contribution in [0.15, 0.2) is 52.6 Å². The van der Waals surface area contributed by atoms with Crippen LogP contribution in [0.5, 0.6) is 0 Å². The number of hydrogen-bond donors (Lipinski definition) is 1. The van der Waals surface area contributed by atoms with Crippen molar-refractivity contribution in [3.05, 3.63) is 74.5 Å². The van der Waals surface area contributed by atoms with Gasteiger partial charge in [0.25, 0.3) is 0 Å². The lowest BCUT2D eigenvalue weighted by molar-refractivity contribution is -0.131. The van der Waals surface area contributed by atoms with Gasteiger partial charge in [-0.25, -0.2) is 9.78 Å². The second-order valence-electron chi connectivity index (χ2n) is 9.03. The molecule has 0 amide bonds. The van der Waals surface area contributed by atoms with Crippen molar-refractivity contribution in [2.75, 3.05) is 13.1 Å². The first kappa shape index (κ1) is 25.0. The highest BCUT2D eigenvalue weighted by molar-refractivity contribution is 7.10. The van der Waals surface area contributed by atoms with E-state index >= 15 is 0 Å². The monoisotopic (exact) mass is 494 g/mol. The molecule has 0 saturated carbocycles. The Hall–Kier alpha value is -3.10. The van der Waals surface area contributed by atoms with E-state index in [9.17, 15) is 14.4 Å². The molecule has 2 unspecified atom stereocenters. The first-order chi connectivity index (χ1) is 16.9. The fourth-order valence-electron chi connectivity index (χ4n) is 4.81. The molecular weight excluding hydrogens is 464 g/mol. The minimum atomic E-state index is -0.957. The van der Waals surface area contributed by atoms with Crippen LogP contribution in [0.25, 0.3) is 0 Å². The second kappa shape index (κ2) is 11.1. The number of thiazole rings is 1. The van der Waals surface area contributed by atoms with Gasteiger partial charge in [0.05, 0.1) is 17.5 Å². The number of aromatic nitrogens is 1. The van der Waals surface area contributed by atoms with E-state index in [4.69, 9.17) is 9.84 Å². The minimum Gasteiger partial charge on any atom is -0.492 e. The van der Waals surface area contributed by atoms with Crippen LogP contribution in [0.3, 0.4) is 0 Å². The normalized spacial score (nSPS) is 18.3. The number of ketones is 1. The zero-order valence-corrected chi connectivity index (χ0v) is 20.8. The largest absolute Gasteiger partial charge is 0.492 e. The Morgan fingerprint density at radius 2 is 2.06 bits per heavy atom. The summed E-state index contributed by atoms with van der Waals surface area (Å²) < 4.78 is 6.32. The van der Waals surface area contributed by atoms with E-state index in [2.05, 4.69) is 22.9 Å². The average molecular weight is 495 g/mol. The number of carbonyl (C=O) groups is 3. The van der Waals surface area contributed by atoms with E-state index in [0.29, 0.717) is 31.0 Å². The number of carboxylic acid groups (broad SMARTS) is 1. The molecule has 2 atom stereocenters. The van der Waals surface area contributed by atoms with Crippen molar-refractivity contribution < 1.29 is 24.2 Å². The number of rotatable bonds is 11. The number of ether oxygens (including phenoxy) is 1. The molecule has 2 aliphatic rings. The molecule has 8 heteroatoms.